The summed E-state index contributed by atoms with van der Waals surface area (Å²) < 4.78 is 7.24. The molecule has 1 aromatic heterocycles. The van der Waals surface area contributed by atoms with Gasteiger partial charge in [0.15, 0.2) is 0 Å². The minimum Gasteiger partial charge on any atom is -0.385 e. The quantitative estimate of drug-likeness (QED) is 0.787. The van der Waals surface area contributed by atoms with Gasteiger partial charge in [0.05, 0.1) is 0 Å². The molecule has 1 fully saturated rings. The summed E-state index contributed by atoms with van der Waals surface area (Å²) in [5.41, 5.74) is 0.367. The van der Waals surface area contributed by atoms with Crippen molar-refractivity contribution < 1.29 is 4.74 Å². The number of hydrogen-bond donors (Lipinski definition) is 0. The molecule has 96 valence electrons. The maximum Gasteiger partial charge on any atom is 0.225 e. The van der Waals surface area contributed by atoms with Crippen LogP contribution >= 0.6 is 11.6 Å². The summed E-state index contributed by atoms with van der Waals surface area (Å²) >= 11 is 6.11. The minimum absolute atomic E-state index is 0.355. The molecule has 0 aromatic carbocycles. The lowest BCUT2D eigenvalue weighted by atomic mass is 10.0. The van der Waals surface area contributed by atoms with Gasteiger partial charge < -0.3 is 9.30 Å². The highest BCUT2D eigenvalue weighted by molar-refractivity contribution is 6.28. The van der Waals surface area contributed by atoms with Gasteiger partial charge in [0.1, 0.15) is 5.82 Å². The van der Waals surface area contributed by atoms with Crippen LogP contribution in [0.2, 0.25) is 5.28 Å². The lowest BCUT2D eigenvalue weighted by Crippen LogP contribution is -2.16. The molecule has 17 heavy (non-hydrogen) atoms. The molecule has 2 rings (SSSR count). The monoisotopic (exact) mass is 257 g/mol. The van der Waals surface area contributed by atoms with Gasteiger partial charge in [0.25, 0.3) is 0 Å². The Morgan fingerprint density at radius 1 is 1.41 bits per heavy atom. The molecule has 0 unspecified atom stereocenters. The molecular weight excluding hydrogens is 238 g/mol. The second kappa shape index (κ2) is 4.94. The predicted octanol–water partition coefficient (Wildman–Crippen LogP) is 2.87. The highest BCUT2D eigenvalue weighted by Gasteiger charge is 2.43. The fourth-order valence-corrected chi connectivity index (χ4v) is 2.37. The summed E-state index contributed by atoms with van der Waals surface area (Å²) in [4.78, 5) is 0. The van der Waals surface area contributed by atoms with Crippen molar-refractivity contribution >= 4 is 11.6 Å². The van der Waals surface area contributed by atoms with Crippen LogP contribution in [0.4, 0.5) is 0 Å². The third-order valence-electron chi connectivity index (χ3n) is 3.54. The van der Waals surface area contributed by atoms with E-state index in [0.29, 0.717) is 16.6 Å². The molecule has 0 aliphatic heterocycles. The molecule has 1 heterocycles. The van der Waals surface area contributed by atoms with Gasteiger partial charge in [-0.2, -0.15) is 0 Å². The van der Waals surface area contributed by atoms with Gasteiger partial charge in [-0.25, -0.2) is 0 Å². The first-order valence-corrected chi connectivity index (χ1v) is 6.53. The predicted molar refractivity (Wildman–Crippen MR) is 67.3 cm³/mol. The van der Waals surface area contributed by atoms with Gasteiger partial charge in [-0.1, -0.05) is 13.8 Å². The van der Waals surface area contributed by atoms with Gasteiger partial charge in [-0.15, -0.1) is 10.2 Å². The summed E-state index contributed by atoms with van der Waals surface area (Å²) in [6.07, 6.45) is 3.60. The molecular formula is C12H20ClN3O. The first kappa shape index (κ1) is 12.8. The van der Waals surface area contributed by atoms with Crippen LogP contribution in [-0.4, -0.2) is 28.5 Å². The highest BCUT2D eigenvalue weighted by Crippen LogP contribution is 2.50. The van der Waals surface area contributed by atoms with Crippen molar-refractivity contribution in [3.8, 4) is 0 Å². The first-order chi connectivity index (χ1) is 8.08. The molecule has 1 aliphatic rings. The van der Waals surface area contributed by atoms with Gasteiger partial charge in [-0.3, -0.25) is 0 Å². The molecule has 0 radical (unpaired) electrons. The lowest BCUT2D eigenvalue weighted by Gasteiger charge is -2.18. The van der Waals surface area contributed by atoms with Crippen molar-refractivity contribution in [1.82, 2.24) is 14.8 Å². The number of hydrogen-bond acceptors (Lipinski definition) is 3. The van der Waals surface area contributed by atoms with Crippen LogP contribution in [0.15, 0.2) is 0 Å². The van der Waals surface area contributed by atoms with E-state index in [1.54, 1.807) is 7.11 Å². The standard InChI is InChI=1S/C12H20ClN3O/c1-9(2)10-14-15-11(13)16(10)8-12(4-5-12)6-7-17-3/h9H,4-8H2,1-3H3. The van der Waals surface area contributed by atoms with Crippen molar-refractivity contribution in [1.29, 1.82) is 0 Å². The fourth-order valence-electron chi connectivity index (χ4n) is 2.19. The number of aromatic nitrogens is 3. The largest absolute Gasteiger partial charge is 0.385 e. The van der Waals surface area contributed by atoms with Gasteiger partial charge in [0, 0.05) is 26.2 Å². The van der Waals surface area contributed by atoms with Crippen molar-refractivity contribution in [3.63, 3.8) is 0 Å². The molecule has 0 saturated heterocycles. The van der Waals surface area contributed by atoms with Crippen LogP contribution in [0, 0.1) is 5.41 Å². The lowest BCUT2D eigenvalue weighted by molar-refractivity contribution is 0.166. The van der Waals surface area contributed by atoms with Gasteiger partial charge in [0.2, 0.25) is 5.28 Å². The topological polar surface area (TPSA) is 39.9 Å². The van der Waals surface area contributed by atoms with Crippen molar-refractivity contribution in [2.24, 2.45) is 5.41 Å². The second-order valence-electron chi connectivity index (χ2n) is 5.31. The Morgan fingerprint density at radius 2 is 2.12 bits per heavy atom. The van der Waals surface area contributed by atoms with Crippen LogP contribution in [0.5, 0.6) is 0 Å². The third kappa shape index (κ3) is 2.80. The smallest absolute Gasteiger partial charge is 0.225 e. The number of rotatable bonds is 6. The molecule has 0 N–H and O–H groups in total. The molecule has 0 spiro atoms. The maximum absolute atomic E-state index is 6.11. The van der Waals surface area contributed by atoms with Crippen molar-refractivity contribution in [3.05, 3.63) is 11.1 Å². The van der Waals surface area contributed by atoms with Crippen molar-refractivity contribution in [2.45, 2.75) is 45.6 Å². The van der Waals surface area contributed by atoms with E-state index in [9.17, 15) is 0 Å². The van der Waals surface area contributed by atoms with Crippen LogP contribution in [0.25, 0.3) is 0 Å². The molecule has 0 amide bonds. The van der Waals surface area contributed by atoms with E-state index in [-0.39, 0.29) is 0 Å². The van der Waals surface area contributed by atoms with E-state index in [2.05, 4.69) is 28.6 Å². The van der Waals surface area contributed by atoms with Gasteiger partial charge in [-0.05, 0) is 36.3 Å². The van der Waals surface area contributed by atoms with E-state index in [4.69, 9.17) is 16.3 Å². The zero-order chi connectivity index (χ0) is 12.5. The fraction of sp³-hybridized carbons (Fsp3) is 0.833. The third-order valence-corrected chi connectivity index (χ3v) is 3.82. The molecule has 0 bridgehead atoms. The minimum atomic E-state index is 0.355. The normalized spacial score (nSPS) is 17.7. The van der Waals surface area contributed by atoms with Gasteiger partial charge >= 0.3 is 0 Å². The Bertz CT molecular complexity index is 385. The average Bonchev–Trinajstić information content (AvgIpc) is 2.96. The second-order valence-corrected chi connectivity index (χ2v) is 5.65. The Balaban J connectivity index is 2.10. The van der Waals surface area contributed by atoms with E-state index in [1.165, 1.54) is 12.8 Å². The maximum atomic E-state index is 6.11. The van der Waals surface area contributed by atoms with E-state index in [0.717, 1.165) is 25.4 Å². The van der Waals surface area contributed by atoms with Crippen LogP contribution in [0.1, 0.15) is 44.9 Å². The molecule has 1 aromatic rings. The number of nitrogens with zero attached hydrogens (tertiary/aromatic N) is 3. The number of methoxy groups -OCH3 is 1. The number of halogens is 1. The van der Waals surface area contributed by atoms with E-state index >= 15 is 0 Å². The zero-order valence-corrected chi connectivity index (χ0v) is 11.5. The van der Waals surface area contributed by atoms with Crippen LogP contribution in [-0.2, 0) is 11.3 Å². The molecule has 1 saturated carbocycles. The number of ether oxygens (including phenoxy) is 1. The Morgan fingerprint density at radius 3 is 2.65 bits per heavy atom. The van der Waals surface area contributed by atoms with E-state index in [1.807, 2.05) is 0 Å². The van der Waals surface area contributed by atoms with Crippen LogP contribution < -0.4 is 0 Å². The highest BCUT2D eigenvalue weighted by atomic mass is 35.5. The molecule has 1 aliphatic carbocycles. The van der Waals surface area contributed by atoms with Crippen molar-refractivity contribution in [2.75, 3.05) is 13.7 Å². The summed E-state index contributed by atoms with van der Waals surface area (Å²) in [5.74, 6) is 1.34. The Labute approximate surface area is 107 Å². The molecule has 4 nitrogen and oxygen atoms in total. The molecule has 0 atom stereocenters. The average molecular weight is 258 g/mol. The summed E-state index contributed by atoms with van der Waals surface area (Å²) in [7, 11) is 1.75. The first-order valence-electron chi connectivity index (χ1n) is 6.15. The zero-order valence-electron chi connectivity index (χ0n) is 10.7. The Hall–Kier alpha value is -0.610. The summed E-state index contributed by atoms with van der Waals surface area (Å²) in [5, 5.41) is 8.65. The summed E-state index contributed by atoms with van der Waals surface area (Å²) in [6, 6.07) is 0. The SMILES string of the molecule is COCCC1(Cn2c(Cl)nnc2C(C)C)CC1. The molecule has 5 heteroatoms. The summed E-state index contributed by atoms with van der Waals surface area (Å²) in [6.45, 7) is 5.98. The van der Waals surface area contributed by atoms with E-state index < -0.39 is 0 Å². The van der Waals surface area contributed by atoms with Crippen LogP contribution in [0.3, 0.4) is 0 Å². The Kier molecular flexibility index (Phi) is 3.73.